The number of anilines is 1. The first-order valence-electron chi connectivity index (χ1n) is 17.0. The highest BCUT2D eigenvalue weighted by molar-refractivity contribution is 6.36. The van der Waals surface area contributed by atoms with E-state index >= 15 is 0 Å². The second-order valence-corrected chi connectivity index (χ2v) is 14.0. The summed E-state index contributed by atoms with van der Waals surface area (Å²) in [7, 11) is 2.87. The van der Waals surface area contributed by atoms with Gasteiger partial charge in [-0.1, -0.05) is 54.1 Å². The summed E-state index contributed by atoms with van der Waals surface area (Å²) in [6.45, 7) is 3.58. The van der Waals surface area contributed by atoms with Crippen molar-refractivity contribution in [3.63, 3.8) is 0 Å². The Bertz CT molecular complexity index is 1970. The maximum absolute atomic E-state index is 14.4. The zero-order valence-electron chi connectivity index (χ0n) is 29.2. The molecule has 2 aliphatic rings. The minimum atomic E-state index is -4.74. The third-order valence-electron chi connectivity index (χ3n) is 9.76. The van der Waals surface area contributed by atoms with Gasteiger partial charge in [0, 0.05) is 41.4 Å². The quantitative estimate of drug-likeness (QED) is 0.0960. The van der Waals surface area contributed by atoms with Crippen LogP contribution < -0.4 is 25.4 Å². The van der Waals surface area contributed by atoms with Crippen LogP contribution in [0.25, 0.3) is 22.4 Å². The lowest BCUT2D eigenvalue weighted by atomic mass is 9.77. The molecule has 1 fully saturated rings. The first-order valence-corrected chi connectivity index (χ1v) is 17.4. The predicted octanol–water partition coefficient (Wildman–Crippen LogP) is 7.17. The number of benzene rings is 2. The van der Waals surface area contributed by atoms with E-state index in [9.17, 15) is 28.2 Å². The van der Waals surface area contributed by atoms with Gasteiger partial charge in [0.05, 0.1) is 42.1 Å². The number of nitrogens with one attached hydrogen (secondary N) is 3. The highest BCUT2D eigenvalue weighted by Gasteiger charge is 2.39. The molecule has 52 heavy (non-hydrogen) atoms. The van der Waals surface area contributed by atoms with Gasteiger partial charge in [0.15, 0.2) is 0 Å². The molecule has 5 N–H and O–H groups in total. The molecule has 0 bridgehead atoms. The van der Waals surface area contributed by atoms with Crippen LogP contribution >= 0.6 is 11.6 Å². The fraction of sp³-hybridized carbons (Fsp3) is 0.395. The Morgan fingerprint density at radius 3 is 2.35 bits per heavy atom. The second kappa shape index (κ2) is 14.9. The number of rotatable bonds is 13. The lowest BCUT2D eigenvalue weighted by Gasteiger charge is -2.41. The fourth-order valence-corrected chi connectivity index (χ4v) is 7.33. The van der Waals surface area contributed by atoms with Crippen molar-refractivity contribution in [1.29, 1.82) is 0 Å². The molecule has 0 unspecified atom stereocenters. The summed E-state index contributed by atoms with van der Waals surface area (Å²) in [6, 6.07) is 14.9. The van der Waals surface area contributed by atoms with Crippen molar-refractivity contribution in [1.82, 2.24) is 20.6 Å². The lowest BCUT2D eigenvalue weighted by molar-refractivity contribution is -0.139. The molecule has 14 heteroatoms. The summed E-state index contributed by atoms with van der Waals surface area (Å²) in [5, 5.41) is 28.9. The molecule has 2 atom stereocenters. The third kappa shape index (κ3) is 7.82. The molecule has 0 saturated heterocycles. The van der Waals surface area contributed by atoms with E-state index < -0.39 is 35.4 Å². The van der Waals surface area contributed by atoms with Crippen LogP contribution in [0.15, 0.2) is 54.6 Å². The summed E-state index contributed by atoms with van der Waals surface area (Å²) in [6.07, 6.45) is -2.27. The van der Waals surface area contributed by atoms with Crippen LogP contribution in [0.3, 0.4) is 0 Å². The molecule has 2 aliphatic carbocycles. The van der Waals surface area contributed by atoms with Crippen LogP contribution in [0.4, 0.5) is 19.0 Å². The Morgan fingerprint density at radius 1 is 1.00 bits per heavy atom. The van der Waals surface area contributed by atoms with Gasteiger partial charge in [-0.05, 0) is 68.4 Å². The van der Waals surface area contributed by atoms with E-state index in [2.05, 4.69) is 20.9 Å². The highest BCUT2D eigenvalue weighted by Crippen LogP contribution is 2.45. The maximum atomic E-state index is 14.4. The van der Waals surface area contributed by atoms with E-state index in [-0.39, 0.29) is 29.8 Å². The average Bonchev–Trinajstić information content (AvgIpc) is 3.51. The van der Waals surface area contributed by atoms with Crippen molar-refractivity contribution in [2.24, 2.45) is 0 Å². The first kappa shape index (κ1) is 37.3. The van der Waals surface area contributed by atoms with Crippen molar-refractivity contribution >= 4 is 23.4 Å². The molecule has 4 aromatic rings. The van der Waals surface area contributed by atoms with Gasteiger partial charge in [0.2, 0.25) is 11.8 Å². The van der Waals surface area contributed by atoms with Gasteiger partial charge in [0.1, 0.15) is 11.9 Å². The summed E-state index contributed by atoms with van der Waals surface area (Å²) >= 11 is 7.10. The number of aromatic nitrogens is 2. The predicted molar refractivity (Wildman–Crippen MR) is 192 cm³/mol. The van der Waals surface area contributed by atoms with Crippen LogP contribution in [0.1, 0.15) is 67.0 Å². The standard InChI is InChI=1S/C38H41ClF3N5O5/c1-20(36(48)49)43-19-22-15-29(38(40,41)42)33(47-35(22)52-4)45-30-14-12-25-24(7-5-8-26(25)30)27-9-6-10-28(32(27)39)31-13-11-21(34(46-31)51-3)18-44-23-16-37(2,50)17-23/h5-11,13,15,20,23,30,43-44,50H,12,14,16-19H2,1-4H3,(H,45,47)(H,48,49)/t20-,23-,30-,37-/m0/s1. The van der Waals surface area contributed by atoms with Gasteiger partial charge in [-0.25, -0.2) is 4.98 Å². The number of aliphatic hydroxyl groups is 1. The number of hydrogen-bond donors (Lipinski definition) is 5. The Morgan fingerprint density at radius 2 is 1.67 bits per heavy atom. The van der Waals surface area contributed by atoms with Gasteiger partial charge in [-0.15, -0.1) is 0 Å². The van der Waals surface area contributed by atoms with Gasteiger partial charge >= 0.3 is 12.1 Å². The number of aliphatic carboxylic acids is 1. The van der Waals surface area contributed by atoms with Crippen LogP contribution in [-0.2, 0) is 30.5 Å². The van der Waals surface area contributed by atoms with Crippen LogP contribution in [-0.4, -0.2) is 58.1 Å². The molecule has 10 nitrogen and oxygen atoms in total. The van der Waals surface area contributed by atoms with Crippen LogP contribution in [0.5, 0.6) is 11.8 Å². The summed E-state index contributed by atoms with van der Waals surface area (Å²) < 4.78 is 54.1. The Kier molecular flexibility index (Phi) is 10.7. The zero-order valence-corrected chi connectivity index (χ0v) is 30.0. The zero-order chi connectivity index (χ0) is 37.4. The lowest BCUT2D eigenvalue weighted by Crippen LogP contribution is -2.51. The number of methoxy groups -OCH3 is 2. The second-order valence-electron chi connectivity index (χ2n) is 13.6. The molecule has 0 aliphatic heterocycles. The molecule has 276 valence electrons. The van der Waals surface area contributed by atoms with Crippen LogP contribution in [0, 0.1) is 0 Å². The maximum Gasteiger partial charge on any atom is 0.419 e. The number of alkyl halides is 3. The van der Waals surface area contributed by atoms with E-state index in [4.69, 9.17) is 26.1 Å². The van der Waals surface area contributed by atoms with E-state index in [1.165, 1.54) is 14.0 Å². The van der Waals surface area contributed by atoms with Crippen molar-refractivity contribution in [2.45, 2.75) is 82.5 Å². The number of halogens is 4. The molecule has 0 radical (unpaired) electrons. The van der Waals surface area contributed by atoms with Crippen molar-refractivity contribution in [3.05, 3.63) is 87.4 Å². The van der Waals surface area contributed by atoms with Gasteiger partial charge in [0.25, 0.3) is 0 Å². The Hall–Kier alpha value is -4.43. The normalized spacial score (nSPS) is 20.2. The highest BCUT2D eigenvalue weighted by atomic mass is 35.5. The Balaban J connectivity index is 1.26. The minimum absolute atomic E-state index is 0.0432. The molecule has 0 spiro atoms. The molecular formula is C38H41ClF3N5O5. The van der Waals surface area contributed by atoms with E-state index in [1.807, 2.05) is 55.5 Å². The van der Waals surface area contributed by atoms with Crippen molar-refractivity contribution in [2.75, 3.05) is 19.5 Å². The first-order chi connectivity index (χ1) is 24.7. The number of ether oxygens (including phenoxy) is 2. The number of carbonyl (C=O) groups is 1. The fourth-order valence-electron chi connectivity index (χ4n) is 7.01. The molecule has 1 saturated carbocycles. The molecule has 2 heterocycles. The van der Waals surface area contributed by atoms with E-state index in [1.54, 1.807) is 7.11 Å². The van der Waals surface area contributed by atoms with E-state index in [0.717, 1.165) is 33.9 Å². The number of carboxylic acid groups (broad SMARTS) is 1. The van der Waals surface area contributed by atoms with Crippen LogP contribution in [0.2, 0.25) is 5.02 Å². The van der Waals surface area contributed by atoms with Gasteiger partial charge < -0.3 is 35.6 Å². The molecule has 0 amide bonds. The van der Waals surface area contributed by atoms with Crippen molar-refractivity contribution < 1.29 is 37.7 Å². The smallest absolute Gasteiger partial charge is 0.419 e. The van der Waals surface area contributed by atoms with Gasteiger partial charge in [-0.3, -0.25) is 4.79 Å². The SMILES string of the molecule is COc1nc(-c2cccc(-c3cccc4c3CC[C@@H]4Nc3nc(OC)c(CN[C@@H](C)C(=O)O)cc3C(F)(F)F)c2Cl)ccc1CN[C@H]1C[C@](C)(O)C1. The summed E-state index contributed by atoms with van der Waals surface area (Å²) in [4.78, 5) is 20.2. The number of nitrogens with zero attached hydrogens (tertiary/aromatic N) is 2. The minimum Gasteiger partial charge on any atom is -0.481 e. The number of pyridine rings is 2. The number of carboxylic acids is 1. The largest absolute Gasteiger partial charge is 0.481 e. The monoisotopic (exact) mass is 739 g/mol. The molecule has 2 aromatic heterocycles. The van der Waals surface area contributed by atoms with Gasteiger partial charge in [-0.2, -0.15) is 18.2 Å². The Labute approximate surface area is 304 Å². The topological polar surface area (TPSA) is 138 Å². The molecular weight excluding hydrogens is 699 g/mol. The van der Waals surface area contributed by atoms with Crippen molar-refractivity contribution in [3.8, 4) is 34.1 Å². The van der Waals surface area contributed by atoms with E-state index in [0.29, 0.717) is 54.4 Å². The average molecular weight is 740 g/mol. The summed E-state index contributed by atoms with van der Waals surface area (Å²) in [5.74, 6) is -1.08. The summed E-state index contributed by atoms with van der Waals surface area (Å²) in [5.41, 5.74) is 4.12. The molecule has 6 rings (SSSR count). The number of fused-ring (bicyclic) bond motifs is 1. The molecule has 2 aromatic carbocycles. The third-order valence-corrected chi connectivity index (χ3v) is 10.2. The number of hydrogen-bond acceptors (Lipinski definition) is 9.